The number of rotatable bonds is 3. The zero-order valence-corrected chi connectivity index (χ0v) is 13.1. The van der Waals surface area contributed by atoms with Crippen molar-refractivity contribution in [3.63, 3.8) is 0 Å². The molecule has 0 atom stereocenters. The fourth-order valence-electron chi connectivity index (χ4n) is 2.34. The summed E-state index contributed by atoms with van der Waals surface area (Å²) < 4.78 is 2.18. The highest BCUT2D eigenvalue weighted by atomic mass is 32.1. The fourth-order valence-corrected chi connectivity index (χ4v) is 2.96. The van der Waals surface area contributed by atoms with Crippen LogP contribution in [0.1, 0.15) is 50.9 Å². The van der Waals surface area contributed by atoms with Gasteiger partial charge in [0, 0.05) is 17.5 Å². The average molecular weight is 285 g/mol. The molecule has 0 N–H and O–H groups in total. The lowest BCUT2D eigenvalue weighted by Crippen LogP contribution is -2.02. The summed E-state index contributed by atoms with van der Waals surface area (Å²) in [6, 6.07) is 4.29. The summed E-state index contributed by atoms with van der Waals surface area (Å²) >= 11 is 1.70. The van der Waals surface area contributed by atoms with E-state index in [4.69, 9.17) is 4.98 Å². The molecule has 0 aliphatic heterocycles. The van der Waals surface area contributed by atoms with Crippen LogP contribution in [0.3, 0.4) is 0 Å². The van der Waals surface area contributed by atoms with Crippen LogP contribution >= 0.6 is 11.3 Å². The topological polar surface area (TPSA) is 30.7 Å². The summed E-state index contributed by atoms with van der Waals surface area (Å²) in [5.74, 6) is 1.92. The van der Waals surface area contributed by atoms with Gasteiger partial charge >= 0.3 is 0 Å². The summed E-state index contributed by atoms with van der Waals surface area (Å²) in [6.07, 6.45) is 1.97. The molecule has 20 heavy (non-hydrogen) atoms. The lowest BCUT2D eigenvalue weighted by atomic mass is 10.1. The van der Waals surface area contributed by atoms with E-state index in [1.165, 1.54) is 5.56 Å². The Bertz CT molecular complexity index is 724. The Labute approximate surface area is 123 Å². The quantitative estimate of drug-likeness (QED) is 0.696. The highest BCUT2D eigenvalue weighted by Crippen LogP contribution is 2.27. The van der Waals surface area contributed by atoms with Crippen LogP contribution < -0.4 is 0 Å². The fraction of sp³-hybridized carbons (Fsp3) is 0.375. The van der Waals surface area contributed by atoms with Crippen molar-refractivity contribution < 1.29 is 0 Å². The van der Waals surface area contributed by atoms with E-state index in [2.05, 4.69) is 60.1 Å². The van der Waals surface area contributed by atoms with E-state index in [-0.39, 0.29) is 0 Å². The van der Waals surface area contributed by atoms with Crippen LogP contribution in [-0.2, 0) is 0 Å². The normalized spacial score (nSPS) is 11.9. The molecule has 3 rings (SSSR count). The van der Waals surface area contributed by atoms with E-state index in [0.29, 0.717) is 11.8 Å². The molecular weight excluding hydrogens is 266 g/mol. The van der Waals surface area contributed by atoms with Crippen molar-refractivity contribution in [2.24, 2.45) is 0 Å². The zero-order chi connectivity index (χ0) is 14.3. The maximum atomic E-state index is 4.82. The molecule has 0 amide bonds. The van der Waals surface area contributed by atoms with Gasteiger partial charge in [-0.15, -0.1) is 0 Å². The molecule has 3 aromatic heterocycles. The van der Waals surface area contributed by atoms with Gasteiger partial charge in [-0.05, 0) is 29.0 Å². The van der Waals surface area contributed by atoms with Crippen LogP contribution in [0.15, 0.2) is 29.1 Å². The van der Waals surface area contributed by atoms with E-state index < -0.39 is 0 Å². The highest BCUT2D eigenvalue weighted by Gasteiger charge is 2.17. The maximum absolute atomic E-state index is 4.82. The lowest BCUT2D eigenvalue weighted by Gasteiger charge is -2.09. The summed E-state index contributed by atoms with van der Waals surface area (Å²) in [4.78, 5) is 9.48. The predicted octanol–water partition coefficient (Wildman–Crippen LogP) is 4.73. The second kappa shape index (κ2) is 5.02. The number of pyridine rings is 1. The third kappa shape index (κ3) is 2.14. The van der Waals surface area contributed by atoms with Crippen LogP contribution in [0.4, 0.5) is 0 Å². The number of aromatic nitrogens is 3. The van der Waals surface area contributed by atoms with Crippen LogP contribution in [0.2, 0.25) is 0 Å². The molecule has 0 aromatic carbocycles. The highest BCUT2D eigenvalue weighted by molar-refractivity contribution is 7.08. The van der Waals surface area contributed by atoms with Crippen LogP contribution in [0.25, 0.3) is 16.9 Å². The van der Waals surface area contributed by atoms with Crippen molar-refractivity contribution >= 4 is 22.5 Å². The van der Waals surface area contributed by atoms with Crippen molar-refractivity contribution in [1.82, 2.24) is 14.5 Å². The number of fused-ring (bicyclic) bond motifs is 1. The van der Waals surface area contributed by atoms with Crippen LogP contribution in [0.5, 0.6) is 0 Å². The summed E-state index contributed by atoms with van der Waals surface area (Å²) in [5, 5.41) is 4.23. The van der Waals surface area contributed by atoms with Crippen molar-refractivity contribution in [2.75, 3.05) is 0 Å². The molecule has 3 nitrogen and oxygen atoms in total. The second-order valence-electron chi connectivity index (χ2n) is 5.71. The van der Waals surface area contributed by atoms with Gasteiger partial charge in [0.25, 0.3) is 0 Å². The van der Waals surface area contributed by atoms with E-state index in [1.54, 1.807) is 11.3 Å². The molecule has 4 heteroatoms. The molecule has 0 aliphatic carbocycles. The van der Waals surface area contributed by atoms with E-state index in [0.717, 1.165) is 22.7 Å². The second-order valence-corrected chi connectivity index (χ2v) is 6.49. The molecule has 0 saturated carbocycles. The first kappa shape index (κ1) is 13.3. The van der Waals surface area contributed by atoms with Gasteiger partial charge in [-0.25, -0.2) is 9.97 Å². The Hall–Kier alpha value is -1.68. The summed E-state index contributed by atoms with van der Waals surface area (Å²) in [5.41, 5.74) is 4.34. The third-order valence-corrected chi connectivity index (χ3v) is 4.16. The van der Waals surface area contributed by atoms with Gasteiger partial charge in [0.05, 0.1) is 5.69 Å². The van der Waals surface area contributed by atoms with Gasteiger partial charge in [0.2, 0.25) is 0 Å². The van der Waals surface area contributed by atoms with Gasteiger partial charge in [0.1, 0.15) is 11.3 Å². The zero-order valence-electron chi connectivity index (χ0n) is 12.3. The molecule has 3 heterocycles. The number of imidazole rings is 1. The van der Waals surface area contributed by atoms with E-state index in [1.807, 2.05) is 6.20 Å². The number of thiophene rings is 1. The molecule has 0 spiro atoms. The van der Waals surface area contributed by atoms with Gasteiger partial charge < -0.3 is 0 Å². The molecule has 0 saturated heterocycles. The summed E-state index contributed by atoms with van der Waals surface area (Å²) in [7, 11) is 0. The van der Waals surface area contributed by atoms with Crippen LogP contribution in [-0.4, -0.2) is 14.5 Å². The first-order valence-corrected chi connectivity index (χ1v) is 7.93. The summed E-state index contributed by atoms with van der Waals surface area (Å²) in [6.45, 7) is 8.71. The predicted molar refractivity (Wildman–Crippen MR) is 84.9 cm³/mol. The van der Waals surface area contributed by atoms with Crippen LogP contribution in [0, 0.1) is 0 Å². The van der Waals surface area contributed by atoms with Gasteiger partial charge in [-0.1, -0.05) is 27.7 Å². The molecule has 0 fully saturated rings. The van der Waals surface area contributed by atoms with Gasteiger partial charge in [-0.2, -0.15) is 11.3 Å². The maximum Gasteiger partial charge on any atom is 0.164 e. The third-order valence-electron chi connectivity index (χ3n) is 3.49. The van der Waals surface area contributed by atoms with Crippen molar-refractivity contribution in [2.45, 2.75) is 39.5 Å². The average Bonchev–Trinajstić information content (AvgIpc) is 3.03. The van der Waals surface area contributed by atoms with E-state index in [9.17, 15) is 0 Å². The molecule has 104 valence electrons. The minimum absolute atomic E-state index is 0.367. The molecule has 0 unspecified atom stereocenters. The standard InChI is InChI=1S/C16H19N3S/c1-10(2)12-7-14-16(17-8-12)19(13-5-6-20-9-13)15(18-14)11(3)4/h5-11H,1-4H3. The molecule has 3 aromatic rings. The molecule has 0 bridgehead atoms. The molecule has 0 radical (unpaired) electrons. The minimum atomic E-state index is 0.367. The first-order valence-electron chi connectivity index (χ1n) is 6.98. The number of hydrogen-bond donors (Lipinski definition) is 0. The first-order chi connectivity index (χ1) is 9.58. The Balaban J connectivity index is 2.28. The van der Waals surface area contributed by atoms with Crippen molar-refractivity contribution in [1.29, 1.82) is 0 Å². The Morgan fingerprint density at radius 3 is 2.55 bits per heavy atom. The lowest BCUT2D eigenvalue weighted by molar-refractivity contribution is 0.758. The molecular formula is C16H19N3S. The molecule has 0 aliphatic rings. The Morgan fingerprint density at radius 1 is 1.15 bits per heavy atom. The number of nitrogens with zero attached hydrogens (tertiary/aromatic N) is 3. The monoisotopic (exact) mass is 285 g/mol. The number of hydrogen-bond acceptors (Lipinski definition) is 3. The van der Waals surface area contributed by atoms with Crippen molar-refractivity contribution in [3.8, 4) is 5.69 Å². The largest absolute Gasteiger partial charge is 0.280 e. The Morgan fingerprint density at radius 2 is 1.95 bits per heavy atom. The Kier molecular flexibility index (Phi) is 3.34. The van der Waals surface area contributed by atoms with E-state index >= 15 is 0 Å². The van der Waals surface area contributed by atoms with Crippen molar-refractivity contribution in [3.05, 3.63) is 40.5 Å². The van der Waals surface area contributed by atoms with Gasteiger partial charge in [-0.3, -0.25) is 4.57 Å². The smallest absolute Gasteiger partial charge is 0.164 e. The minimum Gasteiger partial charge on any atom is -0.280 e. The SMILES string of the molecule is CC(C)c1cnc2c(c1)nc(C(C)C)n2-c1ccsc1. The van der Waals surface area contributed by atoms with Gasteiger partial charge in [0.15, 0.2) is 5.65 Å².